The Labute approximate surface area is 133 Å². The molecule has 2 aromatic rings. The van der Waals surface area contributed by atoms with Crippen LogP contribution in [0.4, 0.5) is 10.5 Å². The zero-order valence-corrected chi connectivity index (χ0v) is 14.3. The predicted octanol–water partition coefficient (Wildman–Crippen LogP) is 4.20. The van der Waals surface area contributed by atoms with Gasteiger partial charge in [-0.05, 0) is 17.7 Å². The summed E-state index contributed by atoms with van der Waals surface area (Å²) in [5, 5.41) is 3.24. The van der Waals surface area contributed by atoms with E-state index in [9.17, 15) is 4.79 Å². The molecule has 1 N–H and O–H groups in total. The molecule has 0 bridgehead atoms. The van der Waals surface area contributed by atoms with Gasteiger partial charge < -0.3 is 5.32 Å². The zero-order valence-electron chi connectivity index (χ0n) is 13.3. The average molecular weight is 310 g/mol. The van der Waals surface area contributed by atoms with Crippen molar-refractivity contribution in [2.75, 3.05) is 4.90 Å². The zero-order chi connectivity index (χ0) is 15.7. The van der Waals surface area contributed by atoms with E-state index in [1.54, 1.807) is 0 Å². The molecule has 22 heavy (non-hydrogen) atoms. The summed E-state index contributed by atoms with van der Waals surface area (Å²) >= 11 is 0. The number of urea groups is 1. The monoisotopic (exact) mass is 310 g/mol. The van der Waals surface area contributed by atoms with Crippen molar-refractivity contribution in [2.45, 2.75) is 31.3 Å². The van der Waals surface area contributed by atoms with Crippen LogP contribution in [0, 0.1) is 0 Å². The molecule has 1 saturated heterocycles. The molecule has 0 unspecified atom stereocenters. The SMILES string of the molecule is C[Si](C)(C)[C@@H]1NC(=O)N(c2ccccc2)[C@H]1c1ccccc1. The second-order valence-electron chi connectivity index (χ2n) is 6.85. The van der Waals surface area contributed by atoms with Gasteiger partial charge >= 0.3 is 6.03 Å². The number of benzene rings is 2. The Bertz CT molecular complexity index is 652. The normalized spacial score (nSPS) is 21.8. The number of para-hydroxylation sites is 1. The van der Waals surface area contributed by atoms with Crippen molar-refractivity contribution in [3.63, 3.8) is 0 Å². The second-order valence-corrected chi connectivity index (χ2v) is 12.2. The first-order valence-corrected chi connectivity index (χ1v) is 11.3. The fraction of sp³-hybridized carbons (Fsp3) is 0.278. The molecular formula is C18H22N2OSi. The fourth-order valence-electron chi connectivity index (χ4n) is 3.11. The van der Waals surface area contributed by atoms with Crippen LogP contribution in [0.5, 0.6) is 0 Å². The van der Waals surface area contributed by atoms with Gasteiger partial charge in [-0.1, -0.05) is 68.2 Å². The van der Waals surface area contributed by atoms with Gasteiger partial charge in [-0.15, -0.1) is 0 Å². The minimum Gasteiger partial charge on any atom is -0.335 e. The highest BCUT2D eigenvalue weighted by molar-refractivity contribution is 6.78. The highest BCUT2D eigenvalue weighted by atomic mass is 28.3. The molecule has 2 aromatic carbocycles. The molecule has 1 aliphatic rings. The van der Waals surface area contributed by atoms with Crippen molar-refractivity contribution in [3.05, 3.63) is 66.2 Å². The lowest BCUT2D eigenvalue weighted by Crippen LogP contribution is -2.48. The van der Waals surface area contributed by atoms with Crippen LogP contribution in [-0.2, 0) is 0 Å². The molecule has 4 heteroatoms. The van der Waals surface area contributed by atoms with Gasteiger partial charge in [0.25, 0.3) is 0 Å². The number of anilines is 1. The lowest BCUT2D eigenvalue weighted by molar-refractivity contribution is 0.251. The van der Waals surface area contributed by atoms with Crippen molar-refractivity contribution < 1.29 is 4.79 Å². The van der Waals surface area contributed by atoms with Crippen molar-refractivity contribution in [1.82, 2.24) is 5.32 Å². The number of amides is 2. The van der Waals surface area contributed by atoms with Gasteiger partial charge in [-0.2, -0.15) is 0 Å². The van der Waals surface area contributed by atoms with Crippen LogP contribution < -0.4 is 10.2 Å². The van der Waals surface area contributed by atoms with Crippen LogP contribution in [0.3, 0.4) is 0 Å². The van der Waals surface area contributed by atoms with Gasteiger partial charge in [-0.25, -0.2) is 4.79 Å². The first-order valence-electron chi connectivity index (χ1n) is 7.68. The highest BCUT2D eigenvalue weighted by Crippen LogP contribution is 2.37. The fourth-order valence-corrected chi connectivity index (χ4v) is 4.95. The molecule has 0 radical (unpaired) electrons. The molecule has 1 fully saturated rings. The lowest BCUT2D eigenvalue weighted by atomic mass is 10.1. The Balaban J connectivity index is 2.09. The van der Waals surface area contributed by atoms with E-state index in [-0.39, 0.29) is 17.7 Å². The molecule has 1 aliphatic heterocycles. The molecule has 0 aromatic heterocycles. The van der Waals surface area contributed by atoms with Crippen LogP contribution in [0.2, 0.25) is 19.6 Å². The van der Waals surface area contributed by atoms with Gasteiger partial charge in [-0.3, -0.25) is 4.90 Å². The van der Waals surface area contributed by atoms with Crippen LogP contribution in [-0.4, -0.2) is 19.8 Å². The summed E-state index contributed by atoms with van der Waals surface area (Å²) in [4.78, 5) is 14.6. The minimum absolute atomic E-state index is 0.00692. The van der Waals surface area contributed by atoms with E-state index in [1.165, 1.54) is 5.56 Å². The summed E-state index contributed by atoms with van der Waals surface area (Å²) in [6, 6.07) is 20.3. The highest BCUT2D eigenvalue weighted by Gasteiger charge is 2.46. The summed E-state index contributed by atoms with van der Waals surface area (Å²) in [5.41, 5.74) is 2.34. The van der Waals surface area contributed by atoms with Crippen LogP contribution >= 0.6 is 0 Å². The van der Waals surface area contributed by atoms with Gasteiger partial charge in [0.05, 0.1) is 14.1 Å². The topological polar surface area (TPSA) is 32.3 Å². The molecule has 1 heterocycles. The minimum atomic E-state index is -1.56. The van der Waals surface area contributed by atoms with E-state index in [2.05, 4.69) is 37.1 Å². The lowest BCUT2D eigenvalue weighted by Gasteiger charge is -2.33. The summed E-state index contributed by atoms with van der Waals surface area (Å²) in [5.74, 6) is 0. The van der Waals surface area contributed by atoms with Gasteiger partial charge in [0, 0.05) is 11.4 Å². The van der Waals surface area contributed by atoms with Crippen LogP contribution in [0.15, 0.2) is 60.7 Å². The Morgan fingerprint density at radius 1 is 0.909 bits per heavy atom. The molecule has 0 aliphatic carbocycles. The van der Waals surface area contributed by atoms with Crippen molar-refractivity contribution in [1.29, 1.82) is 0 Å². The Morgan fingerprint density at radius 3 is 2.00 bits per heavy atom. The summed E-state index contributed by atoms with van der Waals surface area (Å²) in [6.07, 6.45) is 0. The molecule has 2 amide bonds. The van der Waals surface area contributed by atoms with Crippen molar-refractivity contribution in [2.24, 2.45) is 0 Å². The smallest absolute Gasteiger partial charge is 0.322 e. The number of hydrogen-bond donors (Lipinski definition) is 1. The number of rotatable bonds is 3. The summed E-state index contributed by atoms with van der Waals surface area (Å²) in [6.45, 7) is 6.92. The van der Waals surface area contributed by atoms with E-state index in [4.69, 9.17) is 0 Å². The van der Waals surface area contributed by atoms with Gasteiger partial charge in [0.15, 0.2) is 0 Å². The molecule has 0 spiro atoms. The largest absolute Gasteiger partial charge is 0.335 e. The third kappa shape index (κ3) is 2.66. The number of carbonyl (C=O) groups excluding carboxylic acids is 1. The summed E-state index contributed by atoms with van der Waals surface area (Å²) < 4.78 is 0. The quantitative estimate of drug-likeness (QED) is 0.847. The van der Waals surface area contributed by atoms with Crippen LogP contribution in [0.25, 0.3) is 0 Å². The maximum atomic E-state index is 12.7. The molecule has 3 nitrogen and oxygen atoms in total. The molecule has 114 valence electrons. The third-order valence-electron chi connectivity index (χ3n) is 4.20. The van der Waals surface area contributed by atoms with E-state index in [1.807, 2.05) is 53.4 Å². The molecule has 2 atom stereocenters. The maximum absolute atomic E-state index is 12.7. The van der Waals surface area contributed by atoms with Crippen molar-refractivity contribution >= 4 is 19.8 Å². The van der Waals surface area contributed by atoms with Gasteiger partial charge in [0.2, 0.25) is 0 Å². The third-order valence-corrected chi connectivity index (χ3v) is 6.53. The van der Waals surface area contributed by atoms with E-state index >= 15 is 0 Å². The number of hydrogen-bond acceptors (Lipinski definition) is 1. The van der Waals surface area contributed by atoms with Crippen LogP contribution in [0.1, 0.15) is 11.6 Å². The Morgan fingerprint density at radius 2 is 1.45 bits per heavy atom. The number of nitrogens with one attached hydrogen (secondary N) is 1. The van der Waals surface area contributed by atoms with E-state index < -0.39 is 8.07 Å². The maximum Gasteiger partial charge on any atom is 0.322 e. The van der Waals surface area contributed by atoms with Gasteiger partial charge in [0.1, 0.15) is 0 Å². The van der Waals surface area contributed by atoms with E-state index in [0.717, 1.165) is 5.69 Å². The number of nitrogens with zero attached hydrogens (tertiary/aromatic N) is 1. The Kier molecular flexibility index (Phi) is 3.79. The first kappa shape index (κ1) is 14.8. The first-order chi connectivity index (χ1) is 10.5. The standard InChI is InChI=1S/C18H22N2OSi/c1-22(2,3)17-16(14-10-6-4-7-11-14)20(18(21)19-17)15-12-8-5-9-13-15/h4-13,16-17H,1-3H3,(H,19,21)/t16-,17-/m0/s1. The molecule has 3 rings (SSSR count). The molecule has 0 saturated carbocycles. The van der Waals surface area contributed by atoms with E-state index in [0.29, 0.717) is 0 Å². The molecular weight excluding hydrogens is 288 g/mol. The Hall–Kier alpha value is -2.07. The number of carbonyl (C=O) groups is 1. The second kappa shape index (κ2) is 5.61. The van der Waals surface area contributed by atoms with Crippen molar-refractivity contribution in [3.8, 4) is 0 Å². The summed E-state index contributed by atoms with van der Waals surface area (Å²) in [7, 11) is -1.56. The average Bonchev–Trinajstić information content (AvgIpc) is 2.87. The predicted molar refractivity (Wildman–Crippen MR) is 93.8 cm³/mol.